The molecule has 0 radical (unpaired) electrons. The van der Waals surface area contributed by atoms with Crippen LogP contribution in [0.1, 0.15) is 76.0 Å². The molecule has 0 aromatic heterocycles. The normalized spacial score (nSPS) is 20.0. The number of hydrogen-bond donors (Lipinski definition) is 1. The maximum atomic E-state index is 13.7. The number of nitrogens with one attached hydrogen (secondary N) is 1. The molecule has 41 heavy (non-hydrogen) atoms. The van der Waals surface area contributed by atoms with Gasteiger partial charge in [0.1, 0.15) is 6.61 Å². The molecule has 2 aliphatic carbocycles. The van der Waals surface area contributed by atoms with Gasteiger partial charge in [-0.3, -0.25) is 9.59 Å². The van der Waals surface area contributed by atoms with Crippen LogP contribution in [0.2, 0.25) is 0 Å². The van der Waals surface area contributed by atoms with Crippen molar-refractivity contribution in [2.45, 2.75) is 72.8 Å². The molecule has 6 rings (SSSR count). The maximum Gasteiger partial charge on any atom is 0.162 e. The Hall–Kier alpha value is -3.86. The van der Waals surface area contributed by atoms with Gasteiger partial charge in [-0.15, -0.1) is 0 Å². The van der Waals surface area contributed by atoms with Gasteiger partial charge in [-0.2, -0.15) is 0 Å². The minimum Gasteiger partial charge on any atom is -0.493 e. The smallest absolute Gasteiger partial charge is 0.162 e. The molecule has 5 nitrogen and oxygen atoms in total. The molecule has 0 amide bonds. The second-order valence-corrected chi connectivity index (χ2v) is 13.5. The highest BCUT2D eigenvalue weighted by Gasteiger charge is 2.46. The van der Waals surface area contributed by atoms with Crippen molar-refractivity contribution in [3.63, 3.8) is 0 Å². The zero-order valence-electron chi connectivity index (χ0n) is 24.9. The number of rotatable bonds is 5. The Morgan fingerprint density at radius 3 is 2.07 bits per heavy atom. The lowest BCUT2D eigenvalue weighted by Crippen LogP contribution is -2.42. The molecule has 0 fully saturated rings. The first-order valence-corrected chi connectivity index (χ1v) is 14.5. The van der Waals surface area contributed by atoms with Gasteiger partial charge >= 0.3 is 0 Å². The molecule has 0 spiro atoms. The summed E-state index contributed by atoms with van der Waals surface area (Å²) in [6.45, 7) is 11.1. The van der Waals surface area contributed by atoms with E-state index in [9.17, 15) is 9.59 Å². The summed E-state index contributed by atoms with van der Waals surface area (Å²) in [5.41, 5.74) is 6.34. The van der Waals surface area contributed by atoms with E-state index >= 15 is 0 Å². The topological polar surface area (TPSA) is 64.6 Å². The van der Waals surface area contributed by atoms with E-state index in [2.05, 4.69) is 64.2 Å². The number of benzene rings is 3. The molecule has 212 valence electrons. The first-order chi connectivity index (χ1) is 19.5. The van der Waals surface area contributed by atoms with E-state index < -0.39 is 5.92 Å². The third kappa shape index (κ3) is 4.96. The van der Waals surface area contributed by atoms with Crippen LogP contribution in [-0.4, -0.2) is 18.7 Å². The van der Waals surface area contributed by atoms with Crippen molar-refractivity contribution in [2.24, 2.45) is 10.8 Å². The van der Waals surface area contributed by atoms with Crippen LogP contribution in [0.4, 0.5) is 0 Å². The predicted molar refractivity (Wildman–Crippen MR) is 162 cm³/mol. The fourth-order valence-electron chi connectivity index (χ4n) is 6.99. The van der Waals surface area contributed by atoms with E-state index in [1.165, 1.54) is 16.3 Å². The van der Waals surface area contributed by atoms with Gasteiger partial charge in [0.25, 0.3) is 0 Å². The molecule has 0 saturated carbocycles. The predicted octanol–water partition coefficient (Wildman–Crippen LogP) is 7.71. The largest absolute Gasteiger partial charge is 0.493 e. The zero-order chi connectivity index (χ0) is 29.1. The van der Waals surface area contributed by atoms with E-state index in [4.69, 9.17) is 9.47 Å². The van der Waals surface area contributed by atoms with Crippen LogP contribution in [0.5, 0.6) is 11.5 Å². The van der Waals surface area contributed by atoms with E-state index in [-0.39, 0.29) is 22.4 Å². The third-order valence-electron chi connectivity index (χ3n) is 8.89. The van der Waals surface area contributed by atoms with Gasteiger partial charge in [0, 0.05) is 46.9 Å². The molecule has 1 heterocycles. The number of aryl methyl sites for hydroxylation is 1. The Kier molecular flexibility index (Phi) is 6.60. The number of hydrogen-bond acceptors (Lipinski definition) is 5. The van der Waals surface area contributed by atoms with Gasteiger partial charge in [0.15, 0.2) is 23.1 Å². The number of ketones is 2. The van der Waals surface area contributed by atoms with Crippen LogP contribution in [0, 0.1) is 17.8 Å². The van der Waals surface area contributed by atoms with E-state index in [0.717, 1.165) is 46.5 Å². The number of carbonyl (C=O) groups excluding carboxylic acids is 2. The molecule has 0 bridgehead atoms. The highest BCUT2D eigenvalue weighted by molar-refractivity contribution is 6.06. The molecule has 3 aromatic rings. The summed E-state index contributed by atoms with van der Waals surface area (Å²) in [4.78, 5) is 27.3. The fourth-order valence-corrected chi connectivity index (χ4v) is 6.99. The summed E-state index contributed by atoms with van der Waals surface area (Å²) in [6, 6.07) is 18.5. The van der Waals surface area contributed by atoms with Crippen molar-refractivity contribution in [2.75, 3.05) is 7.11 Å². The van der Waals surface area contributed by atoms with Crippen LogP contribution >= 0.6 is 0 Å². The number of dihydropyridines is 1. The van der Waals surface area contributed by atoms with Crippen LogP contribution in [0.15, 0.2) is 77.1 Å². The van der Waals surface area contributed by atoms with Gasteiger partial charge in [-0.1, -0.05) is 70.2 Å². The van der Waals surface area contributed by atoms with Crippen molar-refractivity contribution < 1.29 is 19.1 Å². The Balaban J connectivity index is 1.40. The molecule has 3 aliphatic rings. The highest BCUT2D eigenvalue weighted by Crippen LogP contribution is 2.51. The zero-order valence-corrected chi connectivity index (χ0v) is 24.9. The Bertz CT molecular complexity index is 1600. The van der Waals surface area contributed by atoms with E-state index in [1.54, 1.807) is 7.11 Å². The summed E-state index contributed by atoms with van der Waals surface area (Å²) >= 11 is 0. The SMILES string of the molecule is COc1cc(C2C3=C(CC(C)(C)CC3=O)NC3=C2C(=O)CC(C)(C)C3)ccc1OCc1c(C)ccc2ccccc12. The number of Topliss-reactive ketones (excluding diaryl/α,β-unsaturated/α-hetero) is 2. The molecule has 0 saturated heterocycles. The van der Waals surface area contributed by atoms with Gasteiger partial charge in [0.2, 0.25) is 0 Å². The van der Waals surface area contributed by atoms with E-state index in [0.29, 0.717) is 30.9 Å². The number of fused-ring (bicyclic) bond motifs is 1. The summed E-state index contributed by atoms with van der Waals surface area (Å²) in [5, 5.41) is 5.94. The number of carbonyl (C=O) groups is 2. The lowest BCUT2D eigenvalue weighted by Gasteiger charge is -2.44. The van der Waals surface area contributed by atoms with Crippen LogP contribution in [-0.2, 0) is 16.2 Å². The first kappa shape index (κ1) is 27.3. The van der Waals surface area contributed by atoms with Crippen molar-refractivity contribution in [3.8, 4) is 11.5 Å². The number of methoxy groups -OCH3 is 1. The molecular weight excluding hydrogens is 510 g/mol. The Morgan fingerprint density at radius 1 is 0.805 bits per heavy atom. The highest BCUT2D eigenvalue weighted by atomic mass is 16.5. The van der Waals surface area contributed by atoms with Gasteiger partial charge < -0.3 is 14.8 Å². The van der Waals surface area contributed by atoms with Gasteiger partial charge in [0.05, 0.1) is 7.11 Å². The first-order valence-electron chi connectivity index (χ1n) is 14.5. The standard InChI is InChI=1S/C36H39NO4/c1-21-11-12-22-9-7-8-10-24(22)25(21)20-41-30-14-13-23(15-31(30)40-6)32-33-26(16-35(2,3)18-28(33)38)37-27-17-36(4,5)19-29(39)34(27)32/h7-15,32,37H,16-20H2,1-6H3. The summed E-state index contributed by atoms with van der Waals surface area (Å²) in [6.07, 6.45) is 2.49. The minimum absolute atomic E-state index is 0.114. The lowest BCUT2D eigenvalue weighted by molar-refractivity contribution is -0.119. The van der Waals surface area contributed by atoms with Crippen LogP contribution in [0.3, 0.4) is 0 Å². The molecule has 1 aliphatic heterocycles. The molecule has 3 aromatic carbocycles. The average Bonchev–Trinajstić information content (AvgIpc) is 2.90. The molecular formula is C36H39NO4. The molecule has 1 N–H and O–H groups in total. The molecule has 0 unspecified atom stereocenters. The molecule has 5 heteroatoms. The fraction of sp³-hybridized carbons (Fsp3) is 0.389. The summed E-state index contributed by atoms with van der Waals surface area (Å²) in [7, 11) is 1.63. The maximum absolute atomic E-state index is 13.7. The van der Waals surface area contributed by atoms with Crippen molar-refractivity contribution in [1.82, 2.24) is 5.32 Å². The summed E-state index contributed by atoms with van der Waals surface area (Å²) in [5.74, 6) is 1.05. The quantitative estimate of drug-likeness (QED) is 0.353. The average molecular weight is 550 g/mol. The van der Waals surface area contributed by atoms with Crippen molar-refractivity contribution in [3.05, 3.63) is 93.8 Å². The second-order valence-electron chi connectivity index (χ2n) is 13.5. The molecule has 0 atom stereocenters. The monoisotopic (exact) mass is 549 g/mol. The Morgan fingerprint density at radius 2 is 1.44 bits per heavy atom. The van der Waals surface area contributed by atoms with Crippen molar-refractivity contribution >= 4 is 22.3 Å². The van der Waals surface area contributed by atoms with Crippen LogP contribution in [0.25, 0.3) is 10.8 Å². The van der Waals surface area contributed by atoms with Gasteiger partial charge in [-0.05, 0) is 64.6 Å². The number of ether oxygens (including phenoxy) is 2. The van der Waals surface area contributed by atoms with Gasteiger partial charge in [-0.25, -0.2) is 0 Å². The minimum atomic E-state index is -0.406. The van der Waals surface area contributed by atoms with Crippen LogP contribution < -0.4 is 14.8 Å². The van der Waals surface area contributed by atoms with Crippen molar-refractivity contribution in [1.29, 1.82) is 0 Å². The lowest BCUT2D eigenvalue weighted by atomic mass is 9.64. The summed E-state index contributed by atoms with van der Waals surface area (Å²) < 4.78 is 12.2. The Labute approximate surface area is 242 Å². The third-order valence-corrected chi connectivity index (χ3v) is 8.89. The number of allylic oxidation sites excluding steroid dienone is 4. The van der Waals surface area contributed by atoms with E-state index in [1.807, 2.05) is 30.3 Å². The second kappa shape index (κ2) is 9.90.